The highest BCUT2D eigenvalue weighted by molar-refractivity contribution is 5.86. The minimum absolute atomic E-state index is 0.179. The second-order valence-electron chi connectivity index (χ2n) is 3.46. The van der Waals surface area contributed by atoms with Crippen molar-refractivity contribution in [3.05, 3.63) is 41.7 Å². The van der Waals surface area contributed by atoms with Crippen molar-refractivity contribution in [3.63, 3.8) is 0 Å². The van der Waals surface area contributed by atoms with Crippen molar-refractivity contribution in [2.45, 2.75) is 6.92 Å². The molecule has 0 unspecified atom stereocenters. The van der Waals surface area contributed by atoms with E-state index >= 15 is 0 Å². The molecule has 0 aliphatic carbocycles. The summed E-state index contributed by atoms with van der Waals surface area (Å²) in [4.78, 5) is 11.4. The average Bonchev–Trinajstić information content (AvgIpc) is 2.89. The van der Waals surface area contributed by atoms with Crippen molar-refractivity contribution in [1.82, 2.24) is 15.0 Å². The van der Waals surface area contributed by atoms with Gasteiger partial charge in [-0.2, -0.15) is 0 Å². The van der Waals surface area contributed by atoms with Gasteiger partial charge < -0.3 is 4.74 Å². The summed E-state index contributed by atoms with van der Waals surface area (Å²) >= 11 is 0. The van der Waals surface area contributed by atoms with E-state index in [0.717, 1.165) is 11.3 Å². The molecule has 18 heavy (non-hydrogen) atoms. The topological polar surface area (TPSA) is 57.0 Å². The van der Waals surface area contributed by atoms with Crippen LogP contribution in [0.1, 0.15) is 23.0 Å². The number of rotatable bonds is 3. The number of carbonyl (C=O) groups excluding carboxylic acids is 1. The lowest BCUT2D eigenvalue weighted by Crippen LogP contribution is -2.04. The Bertz CT molecular complexity index is 593. The molecule has 0 saturated carbocycles. The summed E-state index contributed by atoms with van der Waals surface area (Å²) in [6.07, 6.45) is 6.79. The van der Waals surface area contributed by atoms with Crippen LogP contribution in [-0.2, 0) is 4.74 Å². The van der Waals surface area contributed by atoms with Gasteiger partial charge in [0.2, 0.25) is 0 Å². The molecule has 2 aromatic rings. The van der Waals surface area contributed by atoms with Crippen LogP contribution in [-0.4, -0.2) is 27.6 Å². The summed E-state index contributed by atoms with van der Waals surface area (Å²) < 4.78 is 6.32. The Morgan fingerprint density at radius 2 is 2.17 bits per heavy atom. The van der Waals surface area contributed by atoms with Gasteiger partial charge in [0.15, 0.2) is 5.69 Å². The maximum absolute atomic E-state index is 11.4. The van der Waals surface area contributed by atoms with E-state index in [9.17, 15) is 4.79 Å². The highest BCUT2D eigenvalue weighted by Gasteiger charge is 2.11. The van der Waals surface area contributed by atoms with Crippen LogP contribution in [0.25, 0.3) is 5.69 Å². The van der Waals surface area contributed by atoms with Crippen molar-refractivity contribution in [3.8, 4) is 18.0 Å². The highest BCUT2D eigenvalue weighted by Crippen LogP contribution is 2.08. The lowest BCUT2D eigenvalue weighted by molar-refractivity contribution is 0.0519. The lowest BCUT2D eigenvalue weighted by atomic mass is 10.2. The van der Waals surface area contributed by atoms with Gasteiger partial charge in [-0.25, -0.2) is 9.48 Å². The third-order valence-corrected chi connectivity index (χ3v) is 2.28. The van der Waals surface area contributed by atoms with E-state index in [-0.39, 0.29) is 5.69 Å². The Labute approximate surface area is 104 Å². The van der Waals surface area contributed by atoms with Gasteiger partial charge in [0.25, 0.3) is 0 Å². The monoisotopic (exact) mass is 241 g/mol. The third kappa shape index (κ3) is 2.38. The molecule has 1 aromatic heterocycles. The van der Waals surface area contributed by atoms with E-state index < -0.39 is 5.97 Å². The largest absolute Gasteiger partial charge is 0.461 e. The normalized spacial score (nSPS) is 9.78. The van der Waals surface area contributed by atoms with Crippen molar-refractivity contribution in [1.29, 1.82) is 0 Å². The number of terminal acetylenes is 1. The standard InChI is InChI=1S/C13H11N3O2/c1-3-10-5-7-11(8-6-10)16-9-12(14-15-16)13(17)18-4-2/h1,5-9H,4H2,2H3. The number of esters is 1. The molecule has 1 heterocycles. The Morgan fingerprint density at radius 3 is 2.78 bits per heavy atom. The Kier molecular flexibility index (Phi) is 3.39. The van der Waals surface area contributed by atoms with Crippen LogP contribution < -0.4 is 0 Å². The minimum atomic E-state index is -0.482. The van der Waals surface area contributed by atoms with E-state index in [2.05, 4.69) is 16.2 Å². The van der Waals surface area contributed by atoms with Crippen LogP contribution in [0.2, 0.25) is 0 Å². The van der Waals surface area contributed by atoms with Crippen LogP contribution in [0.3, 0.4) is 0 Å². The molecule has 0 aliphatic heterocycles. The van der Waals surface area contributed by atoms with E-state index in [1.165, 1.54) is 10.9 Å². The zero-order chi connectivity index (χ0) is 13.0. The molecule has 1 aromatic carbocycles. The average molecular weight is 241 g/mol. The van der Waals surface area contributed by atoms with Gasteiger partial charge in [-0.1, -0.05) is 11.1 Å². The lowest BCUT2D eigenvalue weighted by Gasteiger charge is -1.99. The van der Waals surface area contributed by atoms with Gasteiger partial charge in [0.1, 0.15) is 0 Å². The molecule has 0 saturated heterocycles. The predicted molar refractivity (Wildman–Crippen MR) is 65.3 cm³/mol. The molecular weight excluding hydrogens is 230 g/mol. The maximum Gasteiger partial charge on any atom is 0.360 e. The molecule has 0 bridgehead atoms. The van der Waals surface area contributed by atoms with Crippen LogP contribution in [0, 0.1) is 12.3 Å². The van der Waals surface area contributed by atoms with Crippen LogP contribution in [0.5, 0.6) is 0 Å². The number of benzene rings is 1. The molecule has 0 N–H and O–H groups in total. The van der Waals surface area contributed by atoms with Crippen molar-refractivity contribution >= 4 is 5.97 Å². The summed E-state index contributed by atoms with van der Waals surface area (Å²) in [5.41, 5.74) is 1.74. The number of aromatic nitrogens is 3. The first-order valence-electron chi connectivity index (χ1n) is 5.41. The first kappa shape index (κ1) is 11.9. The van der Waals surface area contributed by atoms with Gasteiger partial charge in [-0.3, -0.25) is 0 Å². The number of carbonyl (C=O) groups is 1. The maximum atomic E-state index is 11.4. The molecule has 5 nitrogen and oxygen atoms in total. The Hall–Kier alpha value is -2.61. The number of ether oxygens (including phenoxy) is 1. The smallest absolute Gasteiger partial charge is 0.360 e. The SMILES string of the molecule is C#Cc1ccc(-n2cc(C(=O)OCC)nn2)cc1. The predicted octanol–water partition coefficient (Wildman–Crippen LogP) is 1.43. The molecule has 0 aliphatic rings. The summed E-state index contributed by atoms with van der Waals surface area (Å²) in [7, 11) is 0. The molecule has 90 valence electrons. The van der Waals surface area contributed by atoms with E-state index in [0.29, 0.717) is 6.61 Å². The zero-order valence-corrected chi connectivity index (χ0v) is 9.83. The molecule has 0 radical (unpaired) electrons. The zero-order valence-electron chi connectivity index (χ0n) is 9.83. The summed E-state index contributed by atoms with van der Waals surface area (Å²) in [5, 5.41) is 7.61. The van der Waals surface area contributed by atoms with E-state index in [1.54, 1.807) is 31.2 Å². The van der Waals surface area contributed by atoms with Crippen LogP contribution in [0.15, 0.2) is 30.5 Å². The molecule has 2 rings (SSSR count). The van der Waals surface area contributed by atoms with Crippen LogP contribution in [0.4, 0.5) is 0 Å². The fourth-order valence-electron chi connectivity index (χ4n) is 1.40. The quantitative estimate of drug-likeness (QED) is 0.602. The number of nitrogens with zero attached hydrogens (tertiary/aromatic N) is 3. The van der Waals surface area contributed by atoms with Gasteiger partial charge in [-0.15, -0.1) is 11.5 Å². The summed E-state index contributed by atoms with van der Waals surface area (Å²) in [6.45, 7) is 2.05. The molecule has 0 fully saturated rings. The van der Waals surface area contributed by atoms with Gasteiger partial charge in [0.05, 0.1) is 18.5 Å². The summed E-state index contributed by atoms with van der Waals surface area (Å²) in [5.74, 6) is 2.04. The van der Waals surface area contributed by atoms with Gasteiger partial charge in [0, 0.05) is 5.56 Å². The summed E-state index contributed by atoms with van der Waals surface area (Å²) in [6, 6.07) is 7.19. The second-order valence-corrected chi connectivity index (χ2v) is 3.46. The van der Waals surface area contributed by atoms with E-state index in [4.69, 9.17) is 11.2 Å². The first-order valence-corrected chi connectivity index (χ1v) is 5.41. The number of hydrogen-bond acceptors (Lipinski definition) is 4. The fraction of sp³-hybridized carbons (Fsp3) is 0.154. The van der Waals surface area contributed by atoms with Gasteiger partial charge >= 0.3 is 5.97 Å². The minimum Gasteiger partial charge on any atom is -0.461 e. The van der Waals surface area contributed by atoms with Crippen molar-refractivity contribution in [2.24, 2.45) is 0 Å². The third-order valence-electron chi connectivity index (χ3n) is 2.28. The first-order chi connectivity index (χ1) is 8.74. The Morgan fingerprint density at radius 1 is 1.44 bits per heavy atom. The number of hydrogen-bond donors (Lipinski definition) is 0. The fourth-order valence-corrected chi connectivity index (χ4v) is 1.40. The molecular formula is C13H11N3O2. The highest BCUT2D eigenvalue weighted by atomic mass is 16.5. The second kappa shape index (κ2) is 5.15. The molecule has 0 amide bonds. The molecule has 0 spiro atoms. The molecule has 5 heteroatoms. The molecule has 0 atom stereocenters. The van der Waals surface area contributed by atoms with Crippen LogP contribution >= 0.6 is 0 Å². The van der Waals surface area contributed by atoms with E-state index in [1.807, 2.05) is 0 Å². The Balaban J connectivity index is 2.24. The van der Waals surface area contributed by atoms with Gasteiger partial charge in [-0.05, 0) is 31.2 Å². The van der Waals surface area contributed by atoms with Crippen molar-refractivity contribution < 1.29 is 9.53 Å². The van der Waals surface area contributed by atoms with Crippen molar-refractivity contribution in [2.75, 3.05) is 6.61 Å².